The predicted octanol–water partition coefficient (Wildman–Crippen LogP) is 4.12. The Kier molecular flexibility index (Phi) is 4.28. The second kappa shape index (κ2) is 4.90. The van der Waals surface area contributed by atoms with E-state index in [9.17, 15) is 4.79 Å². The number of carbonyl (C=O) groups is 1. The fourth-order valence-corrected chi connectivity index (χ4v) is 3.75. The van der Waals surface area contributed by atoms with Crippen molar-refractivity contribution in [2.75, 3.05) is 0 Å². The maximum absolute atomic E-state index is 11.2. The van der Waals surface area contributed by atoms with Crippen LogP contribution in [0.15, 0.2) is 0 Å². The molecule has 0 aromatic carbocycles. The van der Waals surface area contributed by atoms with Crippen LogP contribution in [0.25, 0.3) is 0 Å². The van der Waals surface area contributed by atoms with Crippen molar-refractivity contribution in [1.82, 2.24) is 0 Å². The summed E-state index contributed by atoms with van der Waals surface area (Å²) >= 11 is 1.53. The van der Waals surface area contributed by atoms with Crippen LogP contribution in [0.5, 0.6) is 0 Å². The summed E-state index contributed by atoms with van der Waals surface area (Å²) < 4.78 is 0.125. The first-order valence-electron chi connectivity index (χ1n) is 6.02. The summed E-state index contributed by atoms with van der Waals surface area (Å²) in [6, 6.07) is 0. The van der Waals surface area contributed by atoms with Crippen LogP contribution in [0.4, 0.5) is 0 Å². The molecule has 0 aromatic rings. The molecule has 1 fully saturated rings. The van der Waals surface area contributed by atoms with E-state index in [0.717, 1.165) is 11.8 Å². The van der Waals surface area contributed by atoms with Crippen LogP contribution in [-0.4, -0.2) is 9.86 Å². The highest BCUT2D eigenvalue weighted by atomic mass is 32.2. The molecule has 0 bridgehead atoms. The normalized spacial score (nSPS) is 32.7. The van der Waals surface area contributed by atoms with Gasteiger partial charge in [0.1, 0.15) is 0 Å². The van der Waals surface area contributed by atoms with E-state index in [2.05, 4.69) is 27.7 Å². The molecule has 0 saturated heterocycles. The van der Waals surface area contributed by atoms with Gasteiger partial charge in [0, 0.05) is 11.7 Å². The summed E-state index contributed by atoms with van der Waals surface area (Å²) in [7, 11) is 0. The second-order valence-electron chi connectivity index (χ2n) is 5.66. The maximum atomic E-state index is 11.2. The second-order valence-corrected chi connectivity index (χ2v) is 7.49. The van der Waals surface area contributed by atoms with E-state index in [1.54, 1.807) is 6.92 Å². The van der Waals surface area contributed by atoms with E-state index < -0.39 is 0 Å². The molecule has 0 heterocycles. The summed E-state index contributed by atoms with van der Waals surface area (Å²) in [4.78, 5) is 11.2. The van der Waals surface area contributed by atoms with Gasteiger partial charge in [-0.3, -0.25) is 4.79 Å². The van der Waals surface area contributed by atoms with Gasteiger partial charge in [0.15, 0.2) is 5.12 Å². The molecule has 1 rings (SSSR count). The van der Waals surface area contributed by atoms with Crippen molar-refractivity contribution in [3.63, 3.8) is 0 Å². The zero-order valence-electron chi connectivity index (χ0n) is 10.7. The van der Waals surface area contributed by atoms with Gasteiger partial charge in [-0.25, -0.2) is 0 Å². The lowest BCUT2D eigenvalue weighted by Crippen LogP contribution is -2.34. The molecule has 1 aliphatic rings. The van der Waals surface area contributed by atoms with Gasteiger partial charge in [-0.1, -0.05) is 32.0 Å². The van der Waals surface area contributed by atoms with Crippen LogP contribution in [-0.2, 0) is 4.79 Å². The number of carbonyl (C=O) groups excluding carboxylic acids is 1. The van der Waals surface area contributed by atoms with Crippen molar-refractivity contribution >= 4 is 16.9 Å². The van der Waals surface area contributed by atoms with Gasteiger partial charge >= 0.3 is 0 Å². The Morgan fingerprint density at radius 2 is 1.80 bits per heavy atom. The van der Waals surface area contributed by atoms with Crippen LogP contribution >= 0.6 is 11.8 Å². The van der Waals surface area contributed by atoms with Crippen molar-refractivity contribution in [1.29, 1.82) is 0 Å². The van der Waals surface area contributed by atoms with Gasteiger partial charge in [0.2, 0.25) is 0 Å². The molecule has 0 aromatic heterocycles. The van der Waals surface area contributed by atoms with Gasteiger partial charge in [0.05, 0.1) is 0 Å². The molecule has 0 N–H and O–H groups in total. The Bertz CT molecular complexity index is 235. The first-order chi connectivity index (χ1) is 6.83. The van der Waals surface area contributed by atoms with Crippen molar-refractivity contribution < 1.29 is 4.79 Å². The van der Waals surface area contributed by atoms with Crippen molar-refractivity contribution in [2.24, 2.45) is 17.8 Å². The number of rotatable bonds is 2. The molecular formula is C13H24OS. The number of hydrogen-bond donors (Lipinski definition) is 0. The monoisotopic (exact) mass is 228 g/mol. The summed E-state index contributed by atoms with van der Waals surface area (Å²) in [6.07, 6.45) is 3.90. The van der Waals surface area contributed by atoms with Crippen LogP contribution in [0.1, 0.15) is 53.9 Å². The third-order valence-corrected chi connectivity index (χ3v) is 5.14. The van der Waals surface area contributed by atoms with E-state index >= 15 is 0 Å². The van der Waals surface area contributed by atoms with Gasteiger partial charge < -0.3 is 0 Å². The number of thioether (sulfide) groups is 1. The lowest BCUT2D eigenvalue weighted by Gasteiger charge is -2.40. The van der Waals surface area contributed by atoms with E-state index in [0.29, 0.717) is 5.92 Å². The first-order valence-corrected chi connectivity index (χ1v) is 6.84. The molecule has 0 aliphatic heterocycles. The largest absolute Gasteiger partial charge is 0.288 e. The molecule has 1 saturated carbocycles. The van der Waals surface area contributed by atoms with Gasteiger partial charge in [-0.05, 0) is 44.4 Å². The molecule has 15 heavy (non-hydrogen) atoms. The van der Waals surface area contributed by atoms with Gasteiger partial charge in [-0.2, -0.15) is 0 Å². The fraction of sp³-hybridized carbons (Fsp3) is 0.923. The van der Waals surface area contributed by atoms with Crippen LogP contribution < -0.4 is 0 Å². The van der Waals surface area contributed by atoms with E-state index in [1.165, 1.54) is 31.0 Å². The van der Waals surface area contributed by atoms with E-state index in [1.807, 2.05) is 0 Å². The summed E-state index contributed by atoms with van der Waals surface area (Å²) in [6.45, 7) is 10.8. The highest BCUT2D eigenvalue weighted by molar-refractivity contribution is 8.14. The molecule has 1 aliphatic carbocycles. The SMILES string of the molecule is CC(=O)SC(C)(C)C1CCC(C)C(C)C1. The smallest absolute Gasteiger partial charge is 0.186 e. The van der Waals surface area contributed by atoms with E-state index in [-0.39, 0.29) is 9.86 Å². The summed E-state index contributed by atoms with van der Waals surface area (Å²) in [5.41, 5.74) is 0. The van der Waals surface area contributed by atoms with Crippen molar-refractivity contribution in [2.45, 2.75) is 58.6 Å². The average Bonchev–Trinajstić information content (AvgIpc) is 2.07. The lowest BCUT2D eigenvalue weighted by atomic mass is 9.72. The fourth-order valence-electron chi connectivity index (χ4n) is 2.63. The molecule has 3 atom stereocenters. The Balaban J connectivity index is 2.60. The van der Waals surface area contributed by atoms with Crippen molar-refractivity contribution in [3.8, 4) is 0 Å². The summed E-state index contributed by atoms with van der Waals surface area (Å²) in [5, 5.41) is 0.256. The third kappa shape index (κ3) is 3.51. The quantitative estimate of drug-likeness (QED) is 0.707. The number of hydrogen-bond acceptors (Lipinski definition) is 2. The Labute approximate surface area is 98.4 Å². The molecule has 0 amide bonds. The minimum absolute atomic E-state index is 0.125. The third-order valence-electron chi connectivity index (χ3n) is 3.99. The van der Waals surface area contributed by atoms with Crippen LogP contribution in [0.3, 0.4) is 0 Å². The minimum atomic E-state index is 0.125. The first kappa shape index (κ1) is 13.1. The van der Waals surface area contributed by atoms with Crippen LogP contribution in [0, 0.1) is 17.8 Å². The molecule has 2 heteroatoms. The summed E-state index contributed by atoms with van der Waals surface area (Å²) in [5.74, 6) is 2.38. The Hall–Kier alpha value is 0.0200. The molecule has 88 valence electrons. The van der Waals surface area contributed by atoms with E-state index in [4.69, 9.17) is 0 Å². The minimum Gasteiger partial charge on any atom is -0.288 e. The lowest BCUT2D eigenvalue weighted by molar-refractivity contribution is -0.109. The topological polar surface area (TPSA) is 17.1 Å². The van der Waals surface area contributed by atoms with Gasteiger partial charge in [-0.15, -0.1) is 0 Å². The Morgan fingerprint density at radius 3 is 2.27 bits per heavy atom. The molecule has 0 spiro atoms. The zero-order valence-corrected chi connectivity index (χ0v) is 11.5. The zero-order chi connectivity index (χ0) is 11.6. The molecule has 1 nitrogen and oxygen atoms in total. The maximum Gasteiger partial charge on any atom is 0.186 e. The highest BCUT2D eigenvalue weighted by Gasteiger charge is 2.36. The molecule has 0 radical (unpaired) electrons. The molecular weight excluding hydrogens is 204 g/mol. The highest BCUT2D eigenvalue weighted by Crippen LogP contribution is 2.44. The van der Waals surface area contributed by atoms with Crippen molar-refractivity contribution in [3.05, 3.63) is 0 Å². The van der Waals surface area contributed by atoms with Crippen LogP contribution in [0.2, 0.25) is 0 Å². The Morgan fingerprint density at radius 1 is 1.20 bits per heavy atom. The standard InChI is InChI=1S/C13H24OS/c1-9-6-7-12(8-10(9)2)13(4,5)15-11(3)14/h9-10,12H,6-8H2,1-5H3. The van der Waals surface area contributed by atoms with Gasteiger partial charge in [0.25, 0.3) is 0 Å². The average molecular weight is 228 g/mol. The molecule has 3 unspecified atom stereocenters. The predicted molar refractivity (Wildman–Crippen MR) is 68.0 cm³/mol.